The van der Waals surface area contributed by atoms with Crippen molar-refractivity contribution in [3.63, 3.8) is 0 Å². The Morgan fingerprint density at radius 2 is 1.70 bits per heavy atom. The minimum atomic E-state index is -3.00. The highest BCUT2D eigenvalue weighted by atomic mass is 19.3. The minimum absolute atomic E-state index is 0.313. The molecule has 1 aromatic carbocycles. The lowest BCUT2D eigenvalue weighted by molar-refractivity contribution is 0.0127. The van der Waals surface area contributed by atoms with Gasteiger partial charge in [0.05, 0.1) is 17.5 Å². The summed E-state index contributed by atoms with van der Waals surface area (Å²) in [6.45, 7) is 0.804. The zero-order valence-corrected chi connectivity index (χ0v) is 14.4. The molecule has 4 rings (SSSR count). The van der Waals surface area contributed by atoms with Crippen molar-refractivity contribution in [3.8, 4) is 22.9 Å². The van der Waals surface area contributed by atoms with E-state index in [4.69, 9.17) is 4.74 Å². The van der Waals surface area contributed by atoms with Gasteiger partial charge in [0, 0.05) is 24.7 Å². The normalized spacial score (nSPS) is 11.5. The lowest BCUT2D eigenvalue weighted by atomic mass is 10.1. The van der Waals surface area contributed by atoms with Crippen LogP contribution in [0.1, 0.15) is 12.6 Å². The fourth-order valence-corrected chi connectivity index (χ4v) is 2.80. The molecule has 0 aliphatic heterocycles. The first-order chi connectivity index (χ1) is 13.0. The number of rotatable bonds is 4. The Morgan fingerprint density at radius 1 is 0.852 bits per heavy atom. The van der Waals surface area contributed by atoms with Crippen molar-refractivity contribution in [2.24, 2.45) is 0 Å². The first kappa shape index (κ1) is 17.0. The van der Waals surface area contributed by atoms with Crippen molar-refractivity contribution in [3.05, 3.63) is 78.9 Å². The number of ether oxygens (including phenoxy) is 1. The molecule has 0 aliphatic carbocycles. The van der Waals surface area contributed by atoms with Gasteiger partial charge >= 0.3 is 0 Å². The van der Waals surface area contributed by atoms with Crippen molar-refractivity contribution in [1.82, 2.24) is 15.0 Å². The number of fused-ring (bicyclic) bond motifs is 1. The highest BCUT2D eigenvalue weighted by Crippen LogP contribution is 2.34. The molecule has 0 saturated heterocycles. The molecule has 0 unspecified atom stereocenters. The lowest BCUT2D eigenvalue weighted by Crippen LogP contribution is -2.09. The number of alkyl halides is 2. The maximum absolute atomic E-state index is 13.3. The molecule has 0 spiro atoms. The van der Waals surface area contributed by atoms with E-state index < -0.39 is 5.92 Å². The summed E-state index contributed by atoms with van der Waals surface area (Å²) in [4.78, 5) is 12.6. The van der Waals surface area contributed by atoms with Gasteiger partial charge in [-0.2, -0.15) is 8.78 Å². The smallest absolute Gasteiger partial charge is 0.286 e. The van der Waals surface area contributed by atoms with Crippen LogP contribution in [-0.2, 0) is 5.92 Å². The van der Waals surface area contributed by atoms with Crippen LogP contribution >= 0.6 is 0 Å². The van der Waals surface area contributed by atoms with E-state index in [1.165, 1.54) is 18.3 Å². The SMILES string of the molecule is CC(F)(F)c1ccc(Oc2ncccc2-c2nccc3ccccc23)cn1. The van der Waals surface area contributed by atoms with Crippen molar-refractivity contribution in [1.29, 1.82) is 0 Å². The zero-order valence-electron chi connectivity index (χ0n) is 14.4. The number of nitrogens with zero attached hydrogens (tertiary/aromatic N) is 3. The molecular formula is C21H15F2N3O. The van der Waals surface area contributed by atoms with Gasteiger partial charge in [0.2, 0.25) is 5.88 Å². The molecule has 134 valence electrons. The third-order valence-corrected chi connectivity index (χ3v) is 4.10. The Balaban J connectivity index is 1.74. The quantitative estimate of drug-likeness (QED) is 0.474. The first-order valence-corrected chi connectivity index (χ1v) is 8.34. The molecule has 6 heteroatoms. The predicted molar refractivity (Wildman–Crippen MR) is 98.9 cm³/mol. The Bertz CT molecular complexity index is 1090. The molecule has 0 fully saturated rings. The van der Waals surface area contributed by atoms with Crippen LogP contribution in [0.4, 0.5) is 8.78 Å². The molecule has 0 saturated carbocycles. The Kier molecular flexibility index (Phi) is 4.24. The number of halogens is 2. The molecule has 4 nitrogen and oxygen atoms in total. The van der Waals surface area contributed by atoms with Crippen LogP contribution in [0, 0.1) is 0 Å². The summed E-state index contributed by atoms with van der Waals surface area (Å²) in [6.07, 6.45) is 4.60. The van der Waals surface area contributed by atoms with E-state index in [9.17, 15) is 8.78 Å². The molecule has 0 atom stereocenters. The molecular weight excluding hydrogens is 348 g/mol. The fourth-order valence-electron chi connectivity index (χ4n) is 2.80. The van der Waals surface area contributed by atoms with Crippen LogP contribution in [0.5, 0.6) is 11.6 Å². The van der Waals surface area contributed by atoms with Gasteiger partial charge < -0.3 is 4.74 Å². The van der Waals surface area contributed by atoms with Crippen molar-refractivity contribution in [2.75, 3.05) is 0 Å². The highest BCUT2D eigenvalue weighted by molar-refractivity contribution is 5.95. The first-order valence-electron chi connectivity index (χ1n) is 8.34. The summed E-state index contributed by atoms with van der Waals surface area (Å²) >= 11 is 0. The van der Waals surface area contributed by atoms with Crippen LogP contribution in [0.3, 0.4) is 0 Å². The molecule has 0 aliphatic rings. The van der Waals surface area contributed by atoms with Crippen LogP contribution in [-0.4, -0.2) is 15.0 Å². The van der Waals surface area contributed by atoms with E-state index >= 15 is 0 Å². The third-order valence-electron chi connectivity index (χ3n) is 4.10. The maximum atomic E-state index is 13.3. The Hall–Kier alpha value is -3.41. The number of benzene rings is 1. The number of aromatic nitrogens is 3. The standard InChI is InChI=1S/C21H15F2N3O/c1-21(22,23)18-9-8-15(13-26-18)27-20-17(7-4-11-25-20)19-16-6-3-2-5-14(16)10-12-24-19/h2-13H,1H3. The molecule has 0 bridgehead atoms. The second-order valence-corrected chi connectivity index (χ2v) is 6.11. The molecule has 0 radical (unpaired) electrons. The molecule has 0 amide bonds. The monoisotopic (exact) mass is 363 g/mol. The van der Waals surface area contributed by atoms with E-state index in [1.807, 2.05) is 36.4 Å². The summed E-state index contributed by atoms with van der Waals surface area (Å²) in [7, 11) is 0. The van der Waals surface area contributed by atoms with Crippen LogP contribution in [0.25, 0.3) is 22.0 Å². The maximum Gasteiger partial charge on any atom is 0.286 e. The Labute approximate surface area is 154 Å². The van der Waals surface area contributed by atoms with E-state index in [0.29, 0.717) is 17.2 Å². The van der Waals surface area contributed by atoms with Crippen LogP contribution < -0.4 is 4.74 Å². The average Bonchev–Trinajstić information content (AvgIpc) is 2.68. The molecule has 0 N–H and O–H groups in total. The summed E-state index contributed by atoms with van der Waals surface area (Å²) < 4.78 is 32.5. The summed E-state index contributed by atoms with van der Waals surface area (Å²) in [5, 5.41) is 2.02. The van der Waals surface area contributed by atoms with E-state index in [0.717, 1.165) is 23.4 Å². The van der Waals surface area contributed by atoms with E-state index in [2.05, 4.69) is 15.0 Å². The van der Waals surface area contributed by atoms with Crippen molar-refractivity contribution < 1.29 is 13.5 Å². The van der Waals surface area contributed by atoms with Gasteiger partial charge in [-0.25, -0.2) is 4.98 Å². The molecule has 3 heterocycles. The predicted octanol–water partition coefficient (Wildman–Crippen LogP) is 5.60. The zero-order chi connectivity index (χ0) is 18.9. The number of hydrogen-bond donors (Lipinski definition) is 0. The highest BCUT2D eigenvalue weighted by Gasteiger charge is 2.25. The van der Waals surface area contributed by atoms with Gasteiger partial charge in [-0.05, 0) is 35.7 Å². The van der Waals surface area contributed by atoms with Gasteiger partial charge in [-0.3, -0.25) is 9.97 Å². The summed E-state index contributed by atoms with van der Waals surface area (Å²) in [5.41, 5.74) is 1.13. The van der Waals surface area contributed by atoms with Gasteiger partial charge in [-0.15, -0.1) is 0 Å². The number of pyridine rings is 3. The van der Waals surface area contributed by atoms with Crippen LogP contribution in [0.2, 0.25) is 0 Å². The van der Waals surface area contributed by atoms with Crippen molar-refractivity contribution in [2.45, 2.75) is 12.8 Å². The minimum Gasteiger partial charge on any atom is -0.437 e. The topological polar surface area (TPSA) is 47.9 Å². The van der Waals surface area contributed by atoms with Crippen LogP contribution in [0.15, 0.2) is 73.2 Å². The van der Waals surface area contributed by atoms with Gasteiger partial charge in [0.25, 0.3) is 5.92 Å². The fraction of sp³-hybridized carbons (Fsp3) is 0.0952. The summed E-state index contributed by atoms with van der Waals surface area (Å²) in [6, 6.07) is 16.2. The second kappa shape index (κ2) is 6.72. The molecule has 27 heavy (non-hydrogen) atoms. The lowest BCUT2D eigenvalue weighted by Gasteiger charge is -2.12. The van der Waals surface area contributed by atoms with Gasteiger partial charge in [-0.1, -0.05) is 24.3 Å². The third kappa shape index (κ3) is 3.46. The van der Waals surface area contributed by atoms with E-state index in [1.54, 1.807) is 18.5 Å². The second-order valence-electron chi connectivity index (χ2n) is 6.11. The van der Waals surface area contributed by atoms with Gasteiger partial charge in [0.15, 0.2) is 0 Å². The average molecular weight is 363 g/mol. The van der Waals surface area contributed by atoms with Gasteiger partial charge in [0.1, 0.15) is 11.4 Å². The largest absolute Gasteiger partial charge is 0.437 e. The number of hydrogen-bond acceptors (Lipinski definition) is 4. The van der Waals surface area contributed by atoms with E-state index in [-0.39, 0.29) is 5.69 Å². The molecule has 4 aromatic rings. The Morgan fingerprint density at radius 3 is 2.48 bits per heavy atom. The summed E-state index contributed by atoms with van der Waals surface area (Å²) in [5.74, 6) is -2.34. The van der Waals surface area contributed by atoms with Crippen molar-refractivity contribution >= 4 is 10.8 Å². The molecule has 3 aromatic heterocycles.